The van der Waals surface area contributed by atoms with Gasteiger partial charge >= 0.3 is 0 Å². The van der Waals surface area contributed by atoms with E-state index in [1.807, 2.05) is 13.1 Å². The summed E-state index contributed by atoms with van der Waals surface area (Å²) >= 11 is 0. The first-order valence-corrected chi connectivity index (χ1v) is 3.48. The van der Waals surface area contributed by atoms with Crippen molar-refractivity contribution in [3.05, 3.63) is 29.5 Å². The summed E-state index contributed by atoms with van der Waals surface area (Å²) in [4.78, 5) is 4.21. The van der Waals surface area contributed by atoms with E-state index < -0.39 is 0 Å². The molecular formula is C8H8BN. The van der Waals surface area contributed by atoms with Gasteiger partial charge in [0.25, 0.3) is 0 Å². The Morgan fingerprint density at radius 1 is 1.50 bits per heavy atom. The summed E-state index contributed by atoms with van der Waals surface area (Å²) in [6.07, 6.45) is 4.12. The maximum absolute atomic E-state index is 4.21. The van der Waals surface area contributed by atoms with E-state index in [4.69, 9.17) is 0 Å². The first kappa shape index (κ1) is 5.72. The van der Waals surface area contributed by atoms with Crippen molar-refractivity contribution in [2.45, 2.75) is 6.92 Å². The Morgan fingerprint density at radius 2 is 2.40 bits per heavy atom. The van der Waals surface area contributed by atoms with Crippen LogP contribution in [0.5, 0.6) is 0 Å². The average Bonchev–Trinajstić information content (AvgIpc) is 2.33. The van der Waals surface area contributed by atoms with E-state index in [0.29, 0.717) is 0 Å². The van der Waals surface area contributed by atoms with Gasteiger partial charge in [-0.2, -0.15) is 0 Å². The second-order valence-electron chi connectivity index (χ2n) is 2.63. The van der Waals surface area contributed by atoms with Crippen molar-refractivity contribution >= 4 is 18.8 Å². The molecule has 0 bridgehead atoms. The molecule has 10 heavy (non-hydrogen) atoms. The molecule has 0 aromatic carbocycles. The summed E-state index contributed by atoms with van der Waals surface area (Å²) in [7, 11) is 1.06. The van der Waals surface area contributed by atoms with Gasteiger partial charge in [0, 0.05) is 11.9 Å². The minimum Gasteiger partial charge on any atom is -0.262 e. The minimum absolute atomic E-state index is 1.06. The highest BCUT2D eigenvalue weighted by molar-refractivity contribution is 6.62. The van der Waals surface area contributed by atoms with E-state index in [2.05, 4.69) is 23.1 Å². The highest BCUT2D eigenvalue weighted by atomic mass is 14.7. The van der Waals surface area contributed by atoms with Crippen molar-refractivity contribution in [2.24, 2.45) is 0 Å². The van der Waals surface area contributed by atoms with Gasteiger partial charge in [0.05, 0.1) is 0 Å². The molecule has 0 spiro atoms. The first-order chi connectivity index (χ1) is 4.86. The number of rotatable bonds is 0. The van der Waals surface area contributed by atoms with Gasteiger partial charge in [0.15, 0.2) is 7.28 Å². The van der Waals surface area contributed by atoms with Crippen LogP contribution >= 0.6 is 0 Å². The molecule has 1 aromatic rings. The third-order valence-corrected chi connectivity index (χ3v) is 1.79. The van der Waals surface area contributed by atoms with Gasteiger partial charge in [-0.05, 0) is 18.6 Å². The summed E-state index contributed by atoms with van der Waals surface area (Å²) in [5, 5.41) is 0. The summed E-state index contributed by atoms with van der Waals surface area (Å²) in [5.74, 6) is 2.17. The fraction of sp³-hybridized carbons (Fsp3) is 0.125. The van der Waals surface area contributed by atoms with Crippen molar-refractivity contribution in [1.29, 1.82) is 0 Å². The molecule has 2 heteroatoms. The maximum atomic E-state index is 4.21. The SMILES string of the molecule is Cc1cc2c(cn1)BC=C2. The van der Waals surface area contributed by atoms with Crippen LogP contribution in [0.4, 0.5) is 0 Å². The Bertz CT molecular complexity index is 291. The molecule has 1 nitrogen and oxygen atoms in total. The van der Waals surface area contributed by atoms with E-state index in [-0.39, 0.29) is 0 Å². The second kappa shape index (κ2) is 1.98. The molecule has 0 atom stereocenters. The molecule has 0 amide bonds. The smallest absolute Gasteiger partial charge is 0.185 e. The van der Waals surface area contributed by atoms with E-state index in [1.54, 1.807) is 0 Å². The Balaban J connectivity index is 2.60. The molecule has 1 aromatic heterocycles. The predicted octanol–water partition coefficient (Wildman–Crippen LogP) is 0.436. The standard InChI is InChI=1S/C8H8BN/c1-6-4-7-2-3-9-8(7)5-10-6/h2-5,9H,1H3. The molecule has 0 fully saturated rings. The van der Waals surface area contributed by atoms with Crippen molar-refractivity contribution in [2.75, 3.05) is 0 Å². The molecule has 2 rings (SSSR count). The number of hydrogen-bond acceptors (Lipinski definition) is 1. The number of aryl methyl sites for hydroxylation is 1. The fourth-order valence-electron chi connectivity index (χ4n) is 1.25. The Labute approximate surface area is 61.0 Å². The van der Waals surface area contributed by atoms with Crippen LogP contribution < -0.4 is 5.46 Å². The van der Waals surface area contributed by atoms with Crippen LogP contribution in [0.1, 0.15) is 11.3 Å². The van der Waals surface area contributed by atoms with Crippen LogP contribution in [-0.2, 0) is 0 Å². The van der Waals surface area contributed by atoms with Crippen LogP contribution in [0.2, 0.25) is 0 Å². The monoisotopic (exact) mass is 129 g/mol. The molecule has 48 valence electrons. The van der Waals surface area contributed by atoms with Crippen molar-refractivity contribution in [1.82, 2.24) is 4.98 Å². The van der Waals surface area contributed by atoms with Gasteiger partial charge in [0.2, 0.25) is 0 Å². The molecule has 1 aliphatic heterocycles. The Kier molecular flexibility index (Phi) is 1.13. The van der Waals surface area contributed by atoms with Crippen LogP contribution in [0, 0.1) is 6.92 Å². The number of hydrogen-bond donors (Lipinski definition) is 0. The van der Waals surface area contributed by atoms with Crippen LogP contribution in [0.3, 0.4) is 0 Å². The van der Waals surface area contributed by atoms with E-state index in [1.165, 1.54) is 11.0 Å². The fourth-order valence-corrected chi connectivity index (χ4v) is 1.25. The molecule has 0 unspecified atom stereocenters. The van der Waals surface area contributed by atoms with Crippen LogP contribution in [0.25, 0.3) is 6.08 Å². The summed E-state index contributed by atoms with van der Waals surface area (Å²) in [6, 6.07) is 2.12. The zero-order chi connectivity index (χ0) is 6.97. The van der Waals surface area contributed by atoms with Gasteiger partial charge in [-0.25, -0.2) is 0 Å². The summed E-state index contributed by atoms with van der Waals surface area (Å²) < 4.78 is 0. The molecule has 0 N–H and O–H groups in total. The lowest BCUT2D eigenvalue weighted by Crippen LogP contribution is -2.12. The van der Waals surface area contributed by atoms with Crippen molar-refractivity contribution in [3.8, 4) is 0 Å². The van der Waals surface area contributed by atoms with Crippen molar-refractivity contribution in [3.63, 3.8) is 0 Å². The third kappa shape index (κ3) is 0.765. The lowest BCUT2D eigenvalue weighted by Gasteiger charge is -1.96. The number of fused-ring (bicyclic) bond motifs is 1. The molecule has 0 radical (unpaired) electrons. The lowest BCUT2D eigenvalue weighted by atomic mass is 9.74. The highest BCUT2D eigenvalue weighted by Gasteiger charge is 2.04. The molecule has 1 aliphatic rings. The van der Waals surface area contributed by atoms with Gasteiger partial charge in [-0.15, -0.1) is 5.98 Å². The average molecular weight is 129 g/mol. The number of nitrogens with zero attached hydrogens (tertiary/aromatic N) is 1. The number of aromatic nitrogens is 1. The van der Waals surface area contributed by atoms with Gasteiger partial charge in [0.1, 0.15) is 0 Å². The van der Waals surface area contributed by atoms with Gasteiger partial charge in [-0.1, -0.05) is 11.5 Å². The minimum atomic E-state index is 1.06. The molecule has 2 heterocycles. The normalized spacial score (nSPS) is 12.9. The third-order valence-electron chi connectivity index (χ3n) is 1.79. The molecule has 0 saturated carbocycles. The van der Waals surface area contributed by atoms with E-state index in [0.717, 1.165) is 13.0 Å². The van der Waals surface area contributed by atoms with Gasteiger partial charge in [-0.3, -0.25) is 4.98 Å². The summed E-state index contributed by atoms with van der Waals surface area (Å²) in [5.41, 5.74) is 3.79. The quantitative estimate of drug-likeness (QED) is 0.463. The van der Waals surface area contributed by atoms with Crippen LogP contribution in [0.15, 0.2) is 18.2 Å². The number of pyridine rings is 1. The topological polar surface area (TPSA) is 12.9 Å². The largest absolute Gasteiger partial charge is 0.262 e. The highest BCUT2D eigenvalue weighted by Crippen LogP contribution is 2.04. The van der Waals surface area contributed by atoms with Crippen LogP contribution in [-0.4, -0.2) is 12.3 Å². The zero-order valence-electron chi connectivity index (χ0n) is 5.96. The second-order valence-corrected chi connectivity index (χ2v) is 2.63. The summed E-state index contributed by atoms with van der Waals surface area (Å²) in [6.45, 7) is 2.02. The Morgan fingerprint density at radius 3 is 3.30 bits per heavy atom. The first-order valence-electron chi connectivity index (χ1n) is 3.48. The molecular weight excluding hydrogens is 121 g/mol. The Hall–Kier alpha value is -1.05. The molecule has 0 aliphatic carbocycles. The van der Waals surface area contributed by atoms with Gasteiger partial charge < -0.3 is 0 Å². The van der Waals surface area contributed by atoms with E-state index in [9.17, 15) is 0 Å². The lowest BCUT2D eigenvalue weighted by molar-refractivity contribution is 1.21. The van der Waals surface area contributed by atoms with Crippen molar-refractivity contribution < 1.29 is 0 Å². The van der Waals surface area contributed by atoms with E-state index >= 15 is 0 Å². The zero-order valence-corrected chi connectivity index (χ0v) is 5.96. The molecule has 0 saturated heterocycles. The predicted molar refractivity (Wildman–Crippen MR) is 44.8 cm³/mol. The maximum Gasteiger partial charge on any atom is 0.185 e.